The van der Waals surface area contributed by atoms with Crippen molar-refractivity contribution in [1.82, 2.24) is 5.32 Å². The van der Waals surface area contributed by atoms with Gasteiger partial charge < -0.3 is 10.2 Å². The van der Waals surface area contributed by atoms with Gasteiger partial charge in [-0.05, 0) is 31.5 Å². The van der Waals surface area contributed by atoms with E-state index >= 15 is 0 Å². The summed E-state index contributed by atoms with van der Waals surface area (Å²) in [5.41, 5.74) is 1.26. The van der Waals surface area contributed by atoms with E-state index < -0.39 is 0 Å². The highest BCUT2D eigenvalue weighted by atomic mass is 16.6. The van der Waals surface area contributed by atoms with Gasteiger partial charge in [-0.15, -0.1) is 0 Å². The first-order chi connectivity index (χ1) is 8.25. The van der Waals surface area contributed by atoms with E-state index in [0.29, 0.717) is 12.1 Å². The third-order valence-corrected chi connectivity index (χ3v) is 3.78. The summed E-state index contributed by atoms with van der Waals surface area (Å²) in [5.74, 6) is 0. The normalized spacial score (nSPS) is 27.2. The van der Waals surface area contributed by atoms with Crippen LogP contribution in [0.5, 0.6) is 0 Å². The van der Waals surface area contributed by atoms with Crippen LogP contribution < -0.4 is 10.2 Å². The molecule has 0 aliphatic carbocycles. The summed E-state index contributed by atoms with van der Waals surface area (Å²) in [6, 6.07) is 8.06. The van der Waals surface area contributed by atoms with Crippen molar-refractivity contribution >= 4 is 11.4 Å². The van der Waals surface area contributed by atoms with Gasteiger partial charge in [0.1, 0.15) is 0 Å². The van der Waals surface area contributed by atoms with Crippen LogP contribution in [-0.4, -0.2) is 30.1 Å². The van der Waals surface area contributed by atoms with Crippen LogP contribution in [0.4, 0.5) is 11.4 Å². The largest absolute Gasteiger partial charge is 0.367 e. The first kappa shape index (κ1) is 10.5. The van der Waals surface area contributed by atoms with Gasteiger partial charge in [-0.25, -0.2) is 0 Å². The van der Waals surface area contributed by atoms with E-state index in [1.54, 1.807) is 12.1 Å². The summed E-state index contributed by atoms with van der Waals surface area (Å²) in [4.78, 5) is 12.6. The Labute approximate surface area is 99.6 Å². The summed E-state index contributed by atoms with van der Waals surface area (Å²) in [7, 11) is 0. The number of hydrogen-bond acceptors (Lipinski definition) is 4. The molecule has 0 spiro atoms. The predicted octanol–water partition coefficient (Wildman–Crippen LogP) is 1.54. The maximum atomic E-state index is 10.6. The lowest BCUT2D eigenvalue weighted by atomic mass is 10.1. The standard InChI is InChI=1S/C12H15N3O2/c16-15(17)10-3-1-9(2-4-10)14-8-6-11-12(14)5-7-13-11/h1-4,11-13H,5-8H2. The number of nitrogens with zero attached hydrogens (tertiary/aromatic N) is 2. The lowest BCUT2D eigenvalue weighted by Crippen LogP contribution is -2.34. The van der Waals surface area contributed by atoms with Crippen molar-refractivity contribution in [3.05, 3.63) is 34.4 Å². The Morgan fingerprint density at radius 3 is 2.76 bits per heavy atom. The molecular weight excluding hydrogens is 218 g/mol. The predicted molar refractivity (Wildman–Crippen MR) is 65.3 cm³/mol. The minimum absolute atomic E-state index is 0.161. The summed E-state index contributed by atoms with van der Waals surface area (Å²) < 4.78 is 0. The van der Waals surface area contributed by atoms with Gasteiger partial charge in [-0.3, -0.25) is 10.1 Å². The highest BCUT2D eigenvalue weighted by molar-refractivity contribution is 5.53. The van der Waals surface area contributed by atoms with Gasteiger partial charge in [-0.2, -0.15) is 0 Å². The van der Waals surface area contributed by atoms with Crippen molar-refractivity contribution in [1.29, 1.82) is 0 Å². The fourth-order valence-electron chi connectivity index (χ4n) is 2.95. The molecule has 0 aromatic heterocycles. The lowest BCUT2D eigenvalue weighted by Gasteiger charge is -2.25. The number of nitro benzene ring substituents is 1. The summed E-state index contributed by atoms with van der Waals surface area (Å²) in [6.45, 7) is 2.12. The number of benzene rings is 1. The maximum Gasteiger partial charge on any atom is 0.269 e. The van der Waals surface area contributed by atoms with Gasteiger partial charge in [-0.1, -0.05) is 0 Å². The number of rotatable bonds is 2. The number of nitro groups is 1. The summed E-state index contributed by atoms with van der Waals surface area (Å²) >= 11 is 0. The van der Waals surface area contributed by atoms with Crippen LogP contribution in [0.15, 0.2) is 24.3 Å². The van der Waals surface area contributed by atoms with Crippen molar-refractivity contribution in [2.45, 2.75) is 24.9 Å². The minimum atomic E-state index is -0.353. The van der Waals surface area contributed by atoms with Crippen LogP contribution in [0.1, 0.15) is 12.8 Å². The second kappa shape index (κ2) is 4.00. The van der Waals surface area contributed by atoms with E-state index in [4.69, 9.17) is 0 Å². The third-order valence-electron chi connectivity index (χ3n) is 3.78. The molecule has 1 aromatic rings. The van der Waals surface area contributed by atoms with Crippen molar-refractivity contribution in [2.75, 3.05) is 18.0 Å². The van der Waals surface area contributed by atoms with Crippen molar-refractivity contribution < 1.29 is 4.92 Å². The van der Waals surface area contributed by atoms with E-state index in [1.807, 2.05) is 12.1 Å². The average molecular weight is 233 g/mol. The zero-order valence-electron chi connectivity index (χ0n) is 9.50. The number of anilines is 1. The highest BCUT2D eigenvalue weighted by Gasteiger charge is 2.37. The number of hydrogen-bond donors (Lipinski definition) is 1. The molecule has 3 rings (SSSR count). The Hall–Kier alpha value is -1.62. The molecule has 0 radical (unpaired) electrons. The van der Waals surface area contributed by atoms with Gasteiger partial charge >= 0.3 is 0 Å². The molecule has 0 amide bonds. The van der Waals surface area contributed by atoms with Crippen LogP contribution in [0.2, 0.25) is 0 Å². The van der Waals surface area contributed by atoms with Crippen molar-refractivity contribution in [3.63, 3.8) is 0 Å². The average Bonchev–Trinajstić information content (AvgIpc) is 2.90. The number of non-ortho nitro benzene ring substituents is 1. The molecule has 90 valence electrons. The molecule has 5 nitrogen and oxygen atoms in total. The molecule has 17 heavy (non-hydrogen) atoms. The molecule has 2 aliphatic heterocycles. The first-order valence-electron chi connectivity index (χ1n) is 6.00. The van der Waals surface area contributed by atoms with Crippen molar-refractivity contribution in [2.24, 2.45) is 0 Å². The summed E-state index contributed by atoms with van der Waals surface area (Å²) in [5, 5.41) is 14.1. The summed E-state index contributed by atoms with van der Waals surface area (Å²) in [6.07, 6.45) is 2.34. The van der Waals surface area contributed by atoms with E-state index in [0.717, 1.165) is 18.8 Å². The minimum Gasteiger partial charge on any atom is -0.367 e. The van der Waals surface area contributed by atoms with Gasteiger partial charge in [0.25, 0.3) is 5.69 Å². The lowest BCUT2D eigenvalue weighted by molar-refractivity contribution is -0.384. The van der Waals surface area contributed by atoms with Crippen LogP contribution in [0.3, 0.4) is 0 Å². The topological polar surface area (TPSA) is 58.4 Å². The van der Waals surface area contributed by atoms with E-state index in [1.165, 1.54) is 12.8 Å². The van der Waals surface area contributed by atoms with Gasteiger partial charge in [0.2, 0.25) is 0 Å². The Kier molecular flexibility index (Phi) is 2.48. The smallest absolute Gasteiger partial charge is 0.269 e. The van der Waals surface area contributed by atoms with E-state index in [-0.39, 0.29) is 10.6 Å². The molecule has 1 aromatic carbocycles. The number of nitrogens with one attached hydrogen (secondary N) is 1. The molecule has 2 unspecified atom stereocenters. The molecular formula is C12H15N3O2. The quantitative estimate of drug-likeness (QED) is 0.621. The Morgan fingerprint density at radius 2 is 2.06 bits per heavy atom. The molecule has 0 bridgehead atoms. The molecule has 1 N–H and O–H groups in total. The Bertz CT molecular complexity index is 432. The molecule has 2 saturated heterocycles. The van der Waals surface area contributed by atoms with Gasteiger partial charge in [0.15, 0.2) is 0 Å². The highest BCUT2D eigenvalue weighted by Crippen LogP contribution is 2.31. The van der Waals surface area contributed by atoms with Crippen LogP contribution >= 0.6 is 0 Å². The molecule has 5 heteroatoms. The number of fused-ring (bicyclic) bond motifs is 1. The fourth-order valence-corrected chi connectivity index (χ4v) is 2.95. The molecule has 2 heterocycles. The Balaban J connectivity index is 1.82. The van der Waals surface area contributed by atoms with Gasteiger partial charge in [0.05, 0.1) is 4.92 Å². The molecule has 2 fully saturated rings. The second-order valence-electron chi connectivity index (χ2n) is 4.67. The van der Waals surface area contributed by atoms with Gasteiger partial charge in [0, 0.05) is 36.4 Å². The first-order valence-corrected chi connectivity index (χ1v) is 6.00. The third kappa shape index (κ3) is 1.76. The monoisotopic (exact) mass is 233 g/mol. The fraction of sp³-hybridized carbons (Fsp3) is 0.500. The van der Waals surface area contributed by atoms with Crippen LogP contribution in [0, 0.1) is 10.1 Å². The van der Waals surface area contributed by atoms with E-state index in [2.05, 4.69) is 10.2 Å². The molecule has 2 atom stereocenters. The van der Waals surface area contributed by atoms with Crippen LogP contribution in [0.25, 0.3) is 0 Å². The SMILES string of the molecule is O=[N+]([O-])c1ccc(N2CCC3NCCC32)cc1. The second-order valence-corrected chi connectivity index (χ2v) is 4.67. The maximum absolute atomic E-state index is 10.6. The van der Waals surface area contributed by atoms with Crippen LogP contribution in [-0.2, 0) is 0 Å². The zero-order chi connectivity index (χ0) is 11.8. The van der Waals surface area contributed by atoms with Crippen molar-refractivity contribution in [3.8, 4) is 0 Å². The molecule has 2 aliphatic rings. The van der Waals surface area contributed by atoms with E-state index in [9.17, 15) is 10.1 Å². The molecule has 0 saturated carbocycles. The Morgan fingerprint density at radius 1 is 1.29 bits per heavy atom. The zero-order valence-corrected chi connectivity index (χ0v) is 9.50.